The van der Waals surface area contributed by atoms with Gasteiger partial charge >= 0.3 is 5.97 Å². The lowest BCUT2D eigenvalue weighted by molar-refractivity contribution is -0.146. The molecule has 1 aliphatic carbocycles. The van der Waals surface area contributed by atoms with Crippen molar-refractivity contribution in [3.8, 4) is 6.07 Å². The molecule has 2 rings (SSSR count). The smallest absolute Gasteiger partial charge is 0.311 e. The number of carboxylic acid groups (broad SMARTS) is 1. The summed E-state index contributed by atoms with van der Waals surface area (Å²) in [4.78, 5) is 26.7. The summed E-state index contributed by atoms with van der Waals surface area (Å²) in [6.07, 6.45) is 1.93. The van der Waals surface area contributed by atoms with E-state index in [2.05, 4.69) is 0 Å². The molecule has 19 heavy (non-hydrogen) atoms. The van der Waals surface area contributed by atoms with Crippen LogP contribution < -0.4 is 0 Å². The fraction of sp³-hybridized carbons (Fsp3) is 0.769. The molecule has 2 atom stereocenters. The molecule has 0 aromatic rings. The molecule has 0 spiro atoms. The maximum atomic E-state index is 11.9. The van der Waals surface area contributed by atoms with Crippen LogP contribution >= 0.6 is 0 Å². The summed E-state index contributed by atoms with van der Waals surface area (Å²) in [5.41, 5.74) is -0.593. The summed E-state index contributed by atoms with van der Waals surface area (Å²) < 4.78 is 0. The highest BCUT2D eigenvalue weighted by Crippen LogP contribution is 2.57. The van der Waals surface area contributed by atoms with Gasteiger partial charge in [0.15, 0.2) is 0 Å². The van der Waals surface area contributed by atoms with E-state index in [-0.39, 0.29) is 12.5 Å². The Kier molecular flexibility index (Phi) is 3.76. The standard InChI is InChI=1S/C13H19N3O3/c1-15(5-2-4-14)11(17)8-16-6-3-10-7-13(10,9-16)12(18)19/h10H,2-3,5-9H2,1H3,(H,18,19). The van der Waals surface area contributed by atoms with E-state index < -0.39 is 11.4 Å². The topological polar surface area (TPSA) is 84.6 Å². The summed E-state index contributed by atoms with van der Waals surface area (Å²) in [5.74, 6) is -0.477. The highest BCUT2D eigenvalue weighted by atomic mass is 16.4. The first-order valence-corrected chi connectivity index (χ1v) is 6.56. The van der Waals surface area contributed by atoms with Crippen molar-refractivity contribution in [3.05, 3.63) is 0 Å². The molecule has 1 aliphatic heterocycles. The van der Waals surface area contributed by atoms with E-state index in [1.807, 2.05) is 11.0 Å². The second kappa shape index (κ2) is 5.17. The van der Waals surface area contributed by atoms with Crippen molar-refractivity contribution in [2.24, 2.45) is 11.3 Å². The normalized spacial score (nSPS) is 29.2. The number of rotatable bonds is 5. The summed E-state index contributed by atoms with van der Waals surface area (Å²) in [6, 6.07) is 2.01. The molecule has 0 aromatic heterocycles. The van der Waals surface area contributed by atoms with Crippen molar-refractivity contribution < 1.29 is 14.7 Å². The van der Waals surface area contributed by atoms with Crippen molar-refractivity contribution >= 4 is 11.9 Å². The van der Waals surface area contributed by atoms with E-state index in [0.29, 0.717) is 25.4 Å². The number of fused-ring (bicyclic) bond motifs is 1. The van der Waals surface area contributed by atoms with Crippen molar-refractivity contribution in [3.63, 3.8) is 0 Å². The molecule has 2 fully saturated rings. The first kappa shape index (κ1) is 13.8. The van der Waals surface area contributed by atoms with Crippen LogP contribution in [0.4, 0.5) is 0 Å². The van der Waals surface area contributed by atoms with Crippen LogP contribution in [0.15, 0.2) is 0 Å². The zero-order valence-corrected chi connectivity index (χ0v) is 11.1. The monoisotopic (exact) mass is 265 g/mol. The lowest BCUT2D eigenvalue weighted by atomic mass is 9.97. The van der Waals surface area contributed by atoms with Gasteiger partial charge in [0.25, 0.3) is 0 Å². The predicted molar refractivity (Wildman–Crippen MR) is 67.1 cm³/mol. The highest BCUT2D eigenvalue weighted by molar-refractivity contribution is 5.80. The van der Waals surface area contributed by atoms with E-state index in [1.54, 1.807) is 7.05 Å². The molecule has 1 amide bonds. The largest absolute Gasteiger partial charge is 0.481 e. The third kappa shape index (κ3) is 2.71. The fourth-order valence-electron chi connectivity index (χ4n) is 2.89. The number of piperidine rings is 1. The minimum absolute atomic E-state index is 0.0464. The molecule has 0 radical (unpaired) electrons. The van der Waals surface area contributed by atoms with Crippen LogP contribution in [0.3, 0.4) is 0 Å². The van der Waals surface area contributed by atoms with Gasteiger partial charge in [0.05, 0.1) is 24.4 Å². The van der Waals surface area contributed by atoms with Crippen molar-refractivity contribution in [2.45, 2.75) is 19.3 Å². The van der Waals surface area contributed by atoms with Crippen LogP contribution in [-0.2, 0) is 9.59 Å². The SMILES string of the molecule is CN(CCC#N)C(=O)CN1CCC2CC2(C(=O)O)C1. The summed E-state index contributed by atoms with van der Waals surface area (Å²) in [6.45, 7) is 1.95. The van der Waals surface area contributed by atoms with Gasteiger partial charge in [-0.2, -0.15) is 5.26 Å². The number of carbonyl (C=O) groups is 2. The quantitative estimate of drug-likeness (QED) is 0.765. The van der Waals surface area contributed by atoms with Gasteiger partial charge in [0.1, 0.15) is 0 Å². The van der Waals surface area contributed by atoms with Crippen molar-refractivity contribution in [1.29, 1.82) is 5.26 Å². The predicted octanol–water partition coefficient (Wildman–Crippen LogP) is 0.155. The van der Waals surface area contributed by atoms with Gasteiger partial charge in [-0.05, 0) is 25.3 Å². The molecule has 1 saturated carbocycles. The molecule has 6 nitrogen and oxygen atoms in total. The van der Waals surface area contributed by atoms with Gasteiger partial charge in [-0.1, -0.05) is 0 Å². The number of likely N-dealkylation sites (tertiary alicyclic amines) is 1. The Balaban J connectivity index is 1.85. The molecule has 6 heteroatoms. The van der Waals surface area contributed by atoms with Crippen LogP contribution in [-0.4, -0.2) is 60.0 Å². The Morgan fingerprint density at radius 2 is 2.32 bits per heavy atom. The Hall–Kier alpha value is -1.61. The Bertz CT molecular complexity index is 431. The molecule has 0 bridgehead atoms. The van der Waals surface area contributed by atoms with Crippen LogP contribution in [0.5, 0.6) is 0 Å². The van der Waals surface area contributed by atoms with Gasteiger partial charge in [0, 0.05) is 20.1 Å². The fourth-order valence-corrected chi connectivity index (χ4v) is 2.89. The summed E-state index contributed by atoms with van der Waals surface area (Å²) >= 11 is 0. The minimum Gasteiger partial charge on any atom is -0.481 e. The minimum atomic E-state index is -0.729. The van der Waals surface area contributed by atoms with Crippen molar-refractivity contribution in [1.82, 2.24) is 9.80 Å². The molecule has 0 aromatic carbocycles. The number of hydrogen-bond donors (Lipinski definition) is 1. The molecule has 104 valence electrons. The summed E-state index contributed by atoms with van der Waals surface area (Å²) in [5, 5.41) is 17.7. The second-order valence-electron chi connectivity index (χ2n) is 5.59. The van der Waals surface area contributed by atoms with E-state index in [9.17, 15) is 14.7 Å². The number of nitrogens with zero attached hydrogens (tertiary/aromatic N) is 3. The van der Waals surface area contributed by atoms with Gasteiger partial charge in [0.2, 0.25) is 5.91 Å². The average Bonchev–Trinajstić information content (AvgIpc) is 3.10. The van der Waals surface area contributed by atoms with E-state index in [0.717, 1.165) is 19.4 Å². The van der Waals surface area contributed by atoms with Crippen LogP contribution in [0.1, 0.15) is 19.3 Å². The van der Waals surface area contributed by atoms with E-state index >= 15 is 0 Å². The molecule has 1 saturated heterocycles. The Labute approximate surface area is 112 Å². The number of carbonyl (C=O) groups excluding carboxylic acids is 1. The van der Waals surface area contributed by atoms with Gasteiger partial charge in [-0.25, -0.2) is 0 Å². The number of carboxylic acids is 1. The molecular weight excluding hydrogens is 246 g/mol. The second-order valence-corrected chi connectivity index (χ2v) is 5.59. The van der Waals surface area contributed by atoms with Crippen LogP contribution in [0.25, 0.3) is 0 Å². The average molecular weight is 265 g/mol. The number of nitriles is 1. The van der Waals surface area contributed by atoms with Crippen molar-refractivity contribution in [2.75, 3.05) is 33.2 Å². The maximum Gasteiger partial charge on any atom is 0.311 e. The van der Waals surface area contributed by atoms with Gasteiger partial charge in [-0.3, -0.25) is 14.5 Å². The Morgan fingerprint density at radius 1 is 1.58 bits per heavy atom. The number of hydrogen-bond acceptors (Lipinski definition) is 4. The zero-order valence-electron chi connectivity index (χ0n) is 11.1. The third-order valence-electron chi connectivity index (χ3n) is 4.30. The number of likely N-dealkylation sites (N-methyl/N-ethyl adjacent to an activating group) is 1. The molecule has 1 N–H and O–H groups in total. The Morgan fingerprint density at radius 3 is 2.95 bits per heavy atom. The molecule has 1 heterocycles. The number of amides is 1. The van der Waals surface area contributed by atoms with Crippen LogP contribution in [0, 0.1) is 22.7 Å². The molecule has 2 aliphatic rings. The maximum absolute atomic E-state index is 11.9. The lowest BCUT2D eigenvalue weighted by Crippen LogP contribution is -2.45. The molecule has 2 unspecified atom stereocenters. The third-order valence-corrected chi connectivity index (χ3v) is 4.30. The highest BCUT2D eigenvalue weighted by Gasteiger charge is 2.62. The van der Waals surface area contributed by atoms with Crippen LogP contribution in [0.2, 0.25) is 0 Å². The number of aliphatic carboxylic acids is 1. The molecular formula is C13H19N3O3. The lowest BCUT2D eigenvalue weighted by Gasteiger charge is -2.31. The first-order chi connectivity index (χ1) is 8.99. The summed E-state index contributed by atoms with van der Waals surface area (Å²) in [7, 11) is 1.68. The van der Waals surface area contributed by atoms with E-state index in [1.165, 1.54) is 4.90 Å². The van der Waals surface area contributed by atoms with E-state index in [4.69, 9.17) is 5.26 Å². The van der Waals surface area contributed by atoms with Gasteiger partial charge in [-0.15, -0.1) is 0 Å². The first-order valence-electron chi connectivity index (χ1n) is 6.56. The zero-order chi connectivity index (χ0) is 14.0. The van der Waals surface area contributed by atoms with Gasteiger partial charge < -0.3 is 10.0 Å².